The molecule has 21 heavy (non-hydrogen) atoms. The Labute approximate surface area is 119 Å². The van der Waals surface area contributed by atoms with Crippen LogP contribution in [0.2, 0.25) is 0 Å². The molecular formula is C10H4BrF9O. The van der Waals surface area contributed by atoms with Gasteiger partial charge in [0.1, 0.15) is 5.75 Å². The first kappa shape index (κ1) is 17.9. The van der Waals surface area contributed by atoms with Crippen LogP contribution in [0.1, 0.15) is 11.5 Å². The van der Waals surface area contributed by atoms with Crippen LogP contribution in [-0.4, -0.2) is 18.7 Å². The molecule has 0 aliphatic carbocycles. The van der Waals surface area contributed by atoms with Gasteiger partial charge in [-0.15, -0.1) is 13.2 Å². The molecule has 1 rings (SSSR count). The Morgan fingerprint density at radius 2 is 1.33 bits per heavy atom. The smallest absolute Gasteiger partial charge is 0.405 e. The van der Waals surface area contributed by atoms with Gasteiger partial charge in [-0.1, -0.05) is 6.07 Å². The summed E-state index contributed by atoms with van der Waals surface area (Å²) in [6.45, 7) is 0. The van der Waals surface area contributed by atoms with Crippen molar-refractivity contribution in [1.29, 1.82) is 0 Å². The van der Waals surface area contributed by atoms with Gasteiger partial charge in [0.2, 0.25) is 0 Å². The van der Waals surface area contributed by atoms with E-state index in [1.165, 1.54) is 0 Å². The van der Waals surface area contributed by atoms with Crippen LogP contribution in [0, 0.1) is 0 Å². The highest BCUT2D eigenvalue weighted by molar-refractivity contribution is 9.10. The lowest BCUT2D eigenvalue weighted by Crippen LogP contribution is -2.34. The lowest BCUT2D eigenvalue weighted by molar-refractivity contribution is -0.275. The van der Waals surface area contributed by atoms with Crippen molar-refractivity contribution in [2.45, 2.75) is 24.6 Å². The summed E-state index contributed by atoms with van der Waals surface area (Å²) in [6.07, 6.45) is -16.7. The molecule has 1 nitrogen and oxygen atoms in total. The van der Waals surface area contributed by atoms with Gasteiger partial charge in [0, 0.05) is 0 Å². The van der Waals surface area contributed by atoms with Crippen molar-refractivity contribution in [2.75, 3.05) is 0 Å². The molecule has 0 bridgehead atoms. The Bertz CT molecular complexity index is 489. The van der Waals surface area contributed by atoms with Crippen molar-refractivity contribution in [3.05, 3.63) is 28.2 Å². The molecule has 0 unspecified atom stereocenters. The summed E-state index contributed by atoms with van der Waals surface area (Å²) < 4.78 is 114. The van der Waals surface area contributed by atoms with E-state index in [0.717, 1.165) is 0 Å². The highest BCUT2D eigenvalue weighted by Gasteiger charge is 2.57. The quantitative estimate of drug-likeness (QED) is 0.601. The van der Waals surface area contributed by atoms with E-state index < -0.39 is 40.4 Å². The minimum Gasteiger partial charge on any atom is -0.405 e. The summed E-state index contributed by atoms with van der Waals surface area (Å²) >= 11 is 2.55. The third-order valence-corrected chi connectivity index (χ3v) is 2.82. The Hall–Kier alpha value is -1.13. The van der Waals surface area contributed by atoms with Gasteiger partial charge in [-0.25, -0.2) is 0 Å². The maximum Gasteiger partial charge on any atom is 0.573 e. The zero-order valence-electron chi connectivity index (χ0n) is 9.50. The average Bonchev–Trinajstić information content (AvgIpc) is 2.16. The monoisotopic (exact) mass is 390 g/mol. The number of benzene rings is 1. The van der Waals surface area contributed by atoms with Crippen LogP contribution in [-0.2, 0) is 0 Å². The van der Waals surface area contributed by atoms with Crippen molar-refractivity contribution < 1.29 is 44.3 Å². The molecule has 1 aromatic rings. The van der Waals surface area contributed by atoms with Crippen LogP contribution in [0.4, 0.5) is 39.5 Å². The molecule has 0 N–H and O–H groups in total. The fraction of sp³-hybridized carbons (Fsp3) is 0.400. The summed E-state index contributed by atoms with van der Waals surface area (Å²) in [6, 6.07) is 1.07. The van der Waals surface area contributed by atoms with Crippen molar-refractivity contribution in [2.24, 2.45) is 0 Å². The molecule has 0 heterocycles. The molecule has 1 aromatic carbocycles. The molecule has 0 saturated carbocycles. The Morgan fingerprint density at radius 3 is 1.71 bits per heavy atom. The highest BCUT2D eigenvalue weighted by atomic mass is 79.9. The average molecular weight is 391 g/mol. The molecule has 0 aromatic heterocycles. The van der Waals surface area contributed by atoms with Gasteiger partial charge >= 0.3 is 18.7 Å². The van der Waals surface area contributed by atoms with Crippen LogP contribution in [0.3, 0.4) is 0 Å². The SMILES string of the molecule is FC(F)(F)Oc1cc(C(C(F)(F)F)C(F)(F)F)ccc1Br. The lowest BCUT2D eigenvalue weighted by atomic mass is 9.98. The van der Waals surface area contributed by atoms with E-state index in [0.29, 0.717) is 12.1 Å². The fourth-order valence-corrected chi connectivity index (χ4v) is 1.79. The molecule has 0 fully saturated rings. The molecule has 0 aliphatic heterocycles. The van der Waals surface area contributed by atoms with Crippen LogP contribution < -0.4 is 4.74 Å². The largest absolute Gasteiger partial charge is 0.573 e. The summed E-state index contributed by atoms with van der Waals surface area (Å²) in [5, 5.41) is 0. The van der Waals surface area contributed by atoms with Crippen molar-refractivity contribution in [1.82, 2.24) is 0 Å². The predicted octanol–water partition coefficient (Wildman–Crippen LogP) is 5.56. The molecule has 11 heteroatoms. The summed E-state index contributed by atoms with van der Waals surface area (Å²) in [4.78, 5) is 0. The maximum atomic E-state index is 12.5. The molecule has 120 valence electrons. The second-order valence-corrected chi connectivity index (χ2v) is 4.61. The van der Waals surface area contributed by atoms with E-state index >= 15 is 0 Å². The first-order chi connectivity index (χ1) is 9.22. The zero-order valence-corrected chi connectivity index (χ0v) is 11.1. The van der Waals surface area contributed by atoms with Crippen molar-refractivity contribution in [3.63, 3.8) is 0 Å². The van der Waals surface area contributed by atoms with Gasteiger partial charge < -0.3 is 4.74 Å². The van der Waals surface area contributed by atoms with Crippen LogP contribution in [0.5, 0.6) is 5.75 Å². The normalized spacial score (nSPS) is 13.7. The second-order valence-electron chi connectivity index (χ2n) is 3.75. The van der Waals surface area contributed by atoms with E-state index in [4.69, 9.17) is 0 Å². The van der Waals surface area contributed by atoms with Gasteiger partial charge in [0.25, 0.3) is 0 Å². The van der Waals surface area contributed by atoms with Gasteiger partial charge in [-0.05, 0) is 33.6 Å². The number of rotatable bonds is 2. The predicted molar refractivity (Wildman–Crippen MR) is 55.7 cm³/mol. The number of hydrogen-bond acceptors (Lipinski definition) is 1. The maximum absolute atomic E-state index is 12.5. The standard InChI is InChI=1S/C10H4BrF9O/c11-5-2-1-4(3-6(5)21-10(18,19)20)7(8(12,13)14)9(15,16)17/h1-3,7H. The van der Waals surface area contributed by atoms with Gasteiger partial charge in [-0.3, -0.25) is 0 Å². The van der Waals surface area contributed by atoms with Crippen molar-refractivity contribution in [3.8, 4) is 5.75 Å². The van der Waals surface area contributed by atoms with E-state index in [-0.39, 0.29) is 6.07 Å². The number of ether oxygens (including phenoxy) is 1. The fourth-order valence-electron chi connectivity index (χ4n) is 1.47. The minimum absolute atomic E-state index is 0.0449. The molecular weight excluding hydrogens is 387 g/mol. The number of halogens is 10. The van der Waals surface area contributed by atoms with Gasteiger partial charge in [0.15, 0.2) is 5.92 Å². The topological polar surface area (TPSA) is 9.23 Å². The number of hydrogen-bond donors (Lipinski definition) is 0. The van der Waals surface area contributed by atoms with Crippen molar-refractivity contribution >= 4 is 15.9 Å². The van der Waals surface area contributed by atoms with E-state index in [1.54, 1.807) is 0 Å². The molecule has 0 aliphatic rings. The molecule has 0 radical (unpaired) electrons. The van der Waals surface area contributed by atoms with E-state index in [1.807, 2.05) is 0 Å². The van der Waals surface area contributed by atoms with Crippen LogP contribution >= 0.6 is 15.9 Å². The Balaban J connectivity index is 3.32. The zero-order chi connectivity index (χ0) is 16.6. The molecule has 0 saturated heterocycles. The molecule has 0 atom stereocenters. The molecule has 0 amide bonds. The number of alkyl halides is 9. The van der Waals surface area contributed by atoms with Gasteiger partial charge in [-0.2, -0.15) is 26.3 Å². The third-order valence-electron chi connectivity index (χ3n) is 2.17. The lowest BCUT2D eigenvalue weighted by Gasteiger charge is -2.24. The third kappa shape index (κ3) is 4.97. The van der Waals surface area contributed by atoms with E-state index in [2.05, 4.69) is 20.7 Å². The van der Waals surface area contributed by atoms with Crippen LogP contribution in [0.25, 0.3) is 0 Å². The Kier molecular flexibility index (Phi) is 4.76. The summed E-state index contributed by atoms with van der Waals surface area (Å²) in [5.41, 5.74) is -1.41. The first-order valence-corrected chi connectivity index (χ1v) is 5.70. The summed E-state index contributed by atoms with van der Waals surface area (Å²) in [5.74, 6) is -5.10. The second kappa shape index (κ2) is 5.58. The van der Waals surface area contributed by atoms with E-state index in [9.17, 15) is 39.5 Å². The van der Waals surface area contributed by atoms with Crippen LogP contribution in [0.15, 0.2) is 22.7 Å². The first-order valence-electron chi connectivity index (χ1n) is 4.90. The summed E-state index contributed by atoms with van der Waals surface area (Å²) in [7, 11) is 0. The van der Waals surface area contributed by atoms with Gasteiger partial charge in [0.05, 0.1) is 4.47 Å². The molecule has 0 spiro atoms. The highest BCUT2D eigenvalue weighted by Crippen LogP contribution is 2.47. The Morgan fingerprint density at radius 1 is 0.857 bits per heavy atom. The minimum atomic E-state index is -5.71.